The molecule has 26 heavy (non-hydrogen) atoms. The summed E-state index contributed by atoms with van der Waals surface area (Å²) in [5, 5.41) is 12.9. The number of hydroxylamine groups is 1. The van der Waals surface area contributed by atoms with Crippen LogP contribution in [-0.4, -0.2) is 42.4 Å². The van der Waals surface area contributed by atoms with Crippen LogP contribution in [0, 0.1) is 0 Å². The lowest BCUT2D eigenvalue weighted by Gasteiger charge is -2.38. The third kappa shape index (κ3) is 3.05. The van der Waals surface area contributed by atoms with Gasteiger partial charge in [0.25, 0.3) is 15.9 Å². The number of aromatic nitrogens is 1. The average molecular weight is 399 g/mol. The van der Waals surface area contributed by atoms with Crippen molar-refractivity contribution in [1.82, 2.24) is 15.4 Å². The quantitative estimate of drug-likeness (QED) is 0.510. The van der Waals surface area contributed by atoms with Gasteiger partial charge in [0.2, 0.25) is 0 Å². The number of amides is 1. The molecule has 1 amide bonds. The van der Waals surface area contributed by atoms with Crippen LogP contribution in [0.4, 0.5) is 0 Å². The van der Waals surface area contributed by atoms with Gasteiger partial charge in [-0.2, -0.15) is 4.72 Å². The van der Waals surface area contributed by atoms with Crippen LogP contribution in [0.25, 0.3) is 10.6 Å². The molecular weight excluding hydrogens is 382 g/mol. The van der Waals surface area contributed by atoms with Crippen molar-refractivity contribution < 1.29 is 27.7 Å². The minimum absolute atomic E-state index is 0.0550. The van der Waals surface area contributed by atoms with Crippen LogP contribution < -0.4 is 10.2 Å². The maximum atomic E-state index is 12.9. The van der Waals surface area contributed by atoms with E-state index in [0.717, 1.165) is 24.2 Å². The summed E-state index contributed by atoms with van der Waals surface area (Å²) in [6.07, 6.45) is 2.88. The van der Waals surface area contributed by atoms with Crippen LogP contribution in [0.2, 0.25) is 0 Å². The highest BCUT2D eigenvalue weighted by Gasteiger charge is 2.51. The zero-order valence-electron chi connectivity index (χ0n) is 13.5. The van der Waals surface area contributed by atoms with Crippen LogP contribution in [-0.2, 0) is 19.6 Å². The highest BCUT2D eigenvalue weighted by atomic mass is 32.2. The van der Waals surface area contributed by atoms with Gasteiger partial charge in [-0.15, -0.1) is 11.3 Å². The highest BCUT2D eigenvalue weighted by molar-refractivity contribution is 7.91. The monoisotopic (exact) mass is 399 g/mol. The van der Waals surface area contributed by atoms with Gasteiger partial charge in [-0.25, -0.2) is 13.9 Å². The standard InChI is InChI=1S/C15H17N3O6S2/c19-14(16-20)15(7-9-1-2-10(8-15)24-9)18-26(21,22)13-4-3-12(25-13)11-5-6-23-17-11/h3-6,9-10,18,20H,1-2,7-8H2,(H,16,19)/t9-,10+,15?. The largest absolute Gasteiger partial charge is 0.375 e. The fourth-order valence-electron chi connectivity index (χ4n) is 3.61. The van der Waals surface area contributed by atoms with E-state index in [2.05, 4.69) is 9.88 Å². The predicted molar refractivity (Wildman–Crippen MR) is 89.9 cm³/mol. The Morgan fingerprint density at radius 1 is 1.27 bits per heavy atom. The molecule has 0 saturated carbocycles. The zero-order valence-corrected chi connectivity index (χ0v) is 15.2. The molecule has 140 valence electrons. The number of nitrogens with zero attached hydrogens (tertiary/aromatic N) is 1. The minimum atomic E-state index is -3.98. The normalized spacial score (nSPS) is 28.2. The molecule has 4 heterocycles. The SMILES string of the molecule is O=C(NO)C1(NS(=O)(=O)c2ccc(-c3ccon3)s2)C[C@H]2CC[C@@H](C1)O2. The second kappa shape index (κ2) is 6.43. The first-order valence-corrected chi connectivity index (χ1v) is 10.4. The molecule has 11 heteroatoms. The van der Waals surface area contributed by atoms with Crippen molar-refractivity contribution in [3.63, 3.8) is 0 Å². The number of carbonyl (C=O) groups excluding carboxylic acids is 1. The van der Waals surface area contributed by atoms with Crippen LogP contribution in [0.5, 0.6) is 0 Å². The van der Waals surface area contributed by atoms with Crippen molar-refractivity contribution >= 4 is 27.3 Å². The van der Waals surface area contributed by atoms with E-state index >= 15 is 0 Å². The third-order valence-corrected chi connectivity index (χ3v) is 7.89. The Kier molecular flexibility index (Phi) is 4.35. The molecule has 2 saturated heterocycles. The highest BCUT2D eigenvalue weighted by Crippen LogP contribution is 2.40. The Morgan fingerprint density at radius 2 is 2.00 bits per heavy atom. The average Bonchev–Trinajstić information content (AvgIpc) is 3.34. The van der Waals surface area contributed by atoms with E-state index in [1.165, 1.54) is 12.3 Å². The molecule has 4 rings (SSSR count). The lowest BCUT2D eigenvalue weighted by Crippen LogP contribution is -2.62. The number of rotatable bonds is 5. The molecule has 0 radical (unpaired) electrons. The first-order chi connectivity index (χ1) is 12.4. The number of carbonyl (C=O) groups is 1. The molecule has 2 aliphatic rings. The van der Waals surface area contributed by atoms with Gasteiger partial charge in [0.05, 0.1) is 17.1 Å². The second-order valence-electron chi connectivity index (χ2n) is 6.50. The fourth-order valence-corrected chi connectivity index (χ4v) is 6.27. The summed E-state index contributed by atoms with van der Waals surface area (Å²) >= 11 is 1.02. The molecule has 2 fully saturated rings. The van der Waals surface area contributed by atoms with E-state index in [-0.39, 0.29) is 29.3 Å². The van der Waals surface area contributed by atoms with E-state index in [0.29, 0.717) is 10.6 Å². The minimum Gasteiger partial charge on any atom is -0.375 e. The Labute approximate surface area is 153 Å². The molecule has 1 unspecified atom stereocenters. The predicted octanol–water partition coefficient (Wildman–Crippen LogP) is 1.27. The molecule has 3 N–H and O–H groups in total. The van der Waals surface area contributed by atoms with Gasteiger partial charge in [-0.05, 0) is 25.0 Å². The zero-order chi connectivity index (χ0) is 18.4. The summed E-state index contributed by atoms with van der Waals surface area (Å²) in [6, 6.07) is 4.71. The number of hydrogen-bond acceptors (Lipinski definition) is 8. The van der Waals surface area contributed by atoms with Crippen molar-refractivity contribution in [2.75, 3.05) is 0 Å². The van der Waals surface area contributed by atoms with E-state index < -0.39 is 21.5 Å². The molecule has 0 aromatic carbocycles. The summed E-state index contributed by atoms with van der Waals surface area (Å²) in [5.41, 5.74) is 0.702. The molecule has 2 aliphatic heterocycles. The van der Waals surface area contributed by atoms with Crippen LogP contribution in [0.15, 0.2) is 33.2 Å². The van der Waals surface area contributed by atoms with Gasteiger partial charge < -0.3 is 9.26 Å². The van der Waals surface area contributed by atoms with E-state index in [9.17, 15) is 13.2 Å². The molecular formula is C15H17N3O6S2. The van der Waals surface area contributed by atoms with Crippen LogP contribution in [0.3, 0.4) is 0 Å². The maximum absolute atomic E-state index is 12.9. The number of thiophene rings is 1. The van der Waals surface area contributed by atoms with Gasteiger partial charge in [-0.3, -0.25) is 10.0 Å². The smallest absolute Gasteiger partial charge is 0.264 e. The summed E-state index contributed by atoms with van der Waals surface area (Å²) in [6.45, 7) is 0. The number of sulfonamides is 1. The molecule has 9 nitrogen and oxygen atoms in total. The van der Waals surface area contributed by atoms with Crippen LogP contribution >= 0.6 is 11.3 Å². The first kappa shape index (κ1) is 17.6. The lowest BCUT2D eigenvalue weighted by molar-refractivity contribution is -0.142. The van der Waals surface area contributed by atoms with Gasteiger partial charge in [0.15, 0.2) is 0 Å². The van der Waals surface area contributed by atoms with Crippen molar-refractivity contribution in [3.05, 3.63) is 24.5 Å². The Bertz CT molecular complexity index is 896. The summed E-state index contributed by atoms with van der Waals surface area (Å²) in [5.74, 6) is -0.769. The second-order valence-corrected chi connectivity index (χ2v) is 9.49. The first-order valence-electron chi connectivity index (χ1n) is 8.06. The summed E-state index contributed by atoms with van der Waals surface area (Å²) in [7, 11) is -3.98. The van der Waals surface area contributed by atoms with Gasteiger partial charge >= 0.3 is 0 Å². The van der Waals surface area contributed by atoms with Gasteiger partial charge in [0.1, 0.15) is 21.7 Å². The Balaban J connectivity index is 1.64. The Morgan fingerprint density at radius 3 is 2.62 bits per heavy atom. The molecule has 0 aliphatic carbocycles. The number of fused-ring (bicyclic) bond motifs is 2. The van der Waals surface area contributed by atoms with Crippen molar-refractivity contribution in [1.29, 1.82) is 0 Å². The van der Waals surface area contributed by atoms with Gasteiger partial charge in [0, 0.05) is 18.9 Å². The molecule has 2 bridgehead atoms. The van der Waals surface area contributed by atoms with Crippen molar-refractivity contribution in [3.8, 4) is 10.6 Å². The molecule has 2 aromatic rings. The number of ether oxygens (including phenoxy) is 1. The van der Waals surface area contributed by atoms with Crippen molar-refractivity contribution in [2.24, 2.45) is 0 Å². The van der Waals surface area contributed by atoms with Gasteiger partial charge in [-0.1, -0.05) is 5.16 Å². The number of nitrogens with one attached hydrogen (secondary N) is 2. The van der Waals surface area contributed by atoms with E-state index in [1.807, 2.05) is 0 Å². The fraction of sp³-hybridized carbons (Fsp3) is 0.467. The summed E-state index contributed by atoms with van der Waals surface area (Å²) < 4.78 is 38.9. The summed E-state index contributed by atoms with van der Waals surface area (Å²) in [4.78, 5) is 13.0. The van der Waals surface area contributed by atoms with Crippen molar-refractivity contribution in [2.45, 2.75) is 47.6 Å². The van der Waals surface area contributed by atoms with E-state index in [1.54, 1.807) is 17.6 Å². The van der Waals surface area contributed by atoms with E-state index in [4.69, 9.17) is 14.5 Å². The third-order valence-electron chi connectivity index (χ3n) is 4.75. The molecule has 0 spiro atoms. The molecule has 2 aromatic heterocycles. The lowest BCUT2D eigenvalue weighted by atomic mass is 9.87. The van der Waals surface area contributed by atoms with Crippen LogP contribution in [0.1, 0.15) is 25.7 Å². The number of hydrogen-bond donors (Lipinski definition) is 3. The topological polar surface area (TPSA) is 131 Å². The Hall–Kier alpha value is -1.79. The molecule has 3 atom stereocenters. The maximum Gasteiger partial charge on any atom is 0.264 e.